The highest BCUT2D eigenvalue weighted by molar-refractivity contribution is 6.23. The van der Waals surface area contributed by atoms with Gasteiger partial charge in [-0.25, -0.2) is 0 Å². The van der Waals surface area contributed by atoms with Gasteiger partial charge in [-0.3, -0.25) is 0 Å². The zero-order valence-corrected chi connectivity index (χ0v) is 29.8. The van der Waals surface area contributed by atoms with E-state index >= 15 is 0 Å². The highest BCUT2D eigenvalue weighted by Gasteiger charge is 2.23. The van der Waals surface area contributed by atoms with Crippen LogP contribution >= 0.6 is 0 Å². The number of anilines is 3. The van der Waals surface area contributed by atoms with Gasteiger partial charge in [0.2, 0.25) is 0 Å². The zero-order valence-electron chi connectivity index (χ0n) is 29.8. The van der Waals surface area contributed by atoms with Crippen molar-refractivity contribution in [3.8, 4) is 33.4 Å². The molecule has 0 radical (unpaired) electrons. The number of hydrogen-bond acceptors (Lipinski definition) is 3. The van der Waals surface area contributed by atoms with Crippen LogP contribution in [0, 0.1) is 0 Å². The first-order valence-corrected chi connectivity index (χ1v) is 18.7. The predicted octanol–water partition coefficient (Wildman–Crippen LogP) is 15.1. The van der Waals surface area contributed by atoms with Crippen LogP contribution in [0.3, 0.4) is 0 Å². The van der Waals surface area contributed by atoms with E-state index in [2.05, 4.69) is 193 Å². The molecular formula is C52H33NO2. The minimum absolute atomic E-state index is 0.846. The number of para-hydroxylation sites is 1. The third-order valence-electron chi connectivity index (χ3n) is 10.8. The standard InChI is InChI=1S/C52H33NO2/c1-4-14-34(15-5-1)37-24-28-47(44(30-37)35-16-6-2-7-17-35)53(40-25-27-43-42-22-12-13-23-48(42)54-50(43)33-40)39-26-29-49-46(32-39)51-41-21-11-10-20-38(41)31-45(52(51)55-49)36-18-8-3-9-19-36/h1-33H. The lowest BCUT2D eigenvalue weighted by Crippen LogP contribution is -2.11. The van der Waals surface area contributed by atoms with Crippen molar-refractivity contribution < 1.29 is 8.83 Å². The molecule has 0 aliphatic rings. The first-order chi connectivity index (χ1) is 27.3. The maximum Gasteiger partial charge on any atom is 0.143 e. The molecule has 0 N–H and O–H groups in total. The Morgan fingerprint density at radius 1 is 0.327 bits per heavy atom. The minimum atomic E-state index is 0.846. The van der Waals surface area contributed by atoms with Gasteiger partial charge in [0, 0.05) is 50.1 Å². The second-order valence-electron chi connectivity index (χ2n) is 14.1. The van der Waals surface area contributed by atoms with E-state index in [9.17, 15) is 0 Å². The van der Waals surface area contributed by atoms with E-state index in [-0.39, 0.29) is 0 Å². The van der Waals surface area contributed by atoms with Crippen molar-refractivity contribution in [2.45, 2.75) is 0 Å². The van der Waals surface area contributed by atoms with Crippen molar-refractivity contribution >= 4 is 71.7 Å². The summed E-state index contributed by atoms with van der Waals surface area (Å²) in [5.41, 5.74) is 13.4. The van der Waals surface area contributed by atoms with Crippen molar-refractivity contribution in [2.24, 2.45) is 0 Å². The Morgan fingerprint density at radius 3 is 1.71 bits per heavy atom. The molecule has 3 nitrogen and oxygen atoms in total. The van der Waals surface area contributed by atoms with Gasteiger partial charge in [0.1, 0.15) is 22.3 Å². The van der Waals surface area contributed by atoms with E-state index in [0.29, 0.717) is 0 Å². The van der Waals surface area contributed by atoms with Crippen molar-refractivity contribution in [2.75, 3.05) is 4.90 Å². The molecule has 0 saturated heterocycles. The zero-order chi connectivity index (χ0) is 36.3. The van der Waals surface area contributed by atoms with Gasteiger partial charge in [0.05, 0.1) is 5.69 Å². The molecule has 0 aliphatic heterocycles. The lowest BCUT2D eigenvalue weighted by atomic mass is 9.95. The molecule has 3 heteroatoms. The average molecular weight is 704 g/mol. The van der Waals surface area contributed by atoms with Crippen LogP contribution in [0.15, 0.2) is 209 Å². The monoisotopic (exact) mass is 703 g/mol. The molecule has 258 valence electrons. The molecule has 0 aliphatic carbocycles. The number of furan rings is 2. The summed E-state index contributed by atoms with van der Waals surface area (Å²) in [7, 11) is 0. The van der Waals surface area contributed by atoms with Crippen LogP contribution in [0.25, 0.3) is 88.0 Å². The van der Waals surface area contributed by atoms with Crippen molar-refractivity contribution in [1.82, 2.24) is 0 Å². The molecular weight excluding hydrogens is 671 g/mol. The van der Waals surface area contributed by atoms with Gasteiger partial charge in [0.25, 0.3) is 0 Å². The van der Waals surface area contributed by atoms with Gasteiger partial charge in [-0.05, 0) is 87.6 Å². The van der Waals surface area contributed by atoms with Gasteiger partial charge in [-0.1, -0.05) is 140 Å². The maximum absolute atomic E-state index is 6.81. The molecule has 0 fully saturated rings. The van der Waals surface area contributed by atoms with E-state index in [4.69, 9.17) is 8.83 Å². The van der Waals surface area contributed by atoms with E-state index in [1.807, 2.05) is 12.1 Å². The Kier molecular flexibility index (Phi) is 7.17. The number of hydrogen-bond donors (Lipinski definition) is 0. The fraction of sp³-hybridized carbons (Fsp3) is 0. The Bertz CT molecular complexity index is 3200. The highest BCUT2D eigenvalue weighted by atomic mass is 16.3. The molecule has 2 heterocycles. The molecule has 2 aromatic heterocycles. The third kappa shape index (κ3) is 5.20. The molecule has 0 amide bonds. The Morgan fingerprint density at radius 2 is 0.927 bits per heavy atom. The molecule has 0 saturated carbocycles. The second-order valence-corrected chi connectivity index (χ2v) is 14.1. The van der Waals surface area contributed by atoms with Crippen LogP contribution in [0.5, 0.6) is 0 Å². The van der Waals surface area contributed by atoms with E-state index in [0.717, 1.165) is 88.8 Å². The molecule has 0 bridgehead atoms. The fourth-order valence-electron chi connectivity index (χ4n) is 8.26. The van der Waals surface area contributed by atoms with Gasteiger partial charge in [-0.2, -0.15) is 0 Å². The van der Waals surface area contributed by atoms with Crippen molar-refractivity contribution in [3.05, 3.63) is 200 Å². The first-order valence-electron chi connectivity index (χ1n) is 18.7. The lowest BCUT2D eigenvalue weighted by molar-refractivity contribution is 0.669. The van der Waals surface area contributed by atoms with Crippen LogP contribution in [0.2, 0.25) is 0 Å². The van der Waals surface area contributed by atoms with Crippen LogP contribution in [-0.2, 0) is 0 Å². The molecule has 11 aromatic rings. The summed E-state index contributed by atoms with van der Waals surface area (Å²) in [6, 6.07) is 70.9. The minimum Gasteiger partial charge on any atom is -0.456 e. The Hall–Kier alpha value is -7.36. The number of rotatable bonds is 6. The van der Waals surface area contributed by atoms with E-state index in [1.165, 1.54) is 16.3 Å². The van der Waals surface area contributed by atoms with E-state index in [1.54, 1.807) is 0 Å². The summed E-state index contributed by atoms with van der Waals surface area (Å²) in [5.74, 6) is 0. The average Bonchev–Trinajstić information content (AvgIpc) is 3.83. The SMILES string of the molecule is c1ccc(-c2ccc(N(c3ccc4c(c3)oc3ccccc34)c3ccc4oc5c(-c6ccccc6)cc6ccccc6c5c4c3)c(-c3ccccc3)c2)cc1. The fourth-order valence-corrected chi connectivity index (χ4v) is 8.26. The molecule has 0 spiro atoms. The summed E-state index contributed by atoms with van der Waals surface area (Å²) in [5, 5.41) is 6.73. The third-order valence-corrected chi connectivity index (χ3v) is 10.8. The van der Waals surface area contributed by atoms with Crippen LogP contribution < -0.4 is 4.90 Å². The van der Waals surface area contributed by atoms with Crippen LogP contribution in [-0.4, -0.2) is 0 Å². The van der Waals surface area contributed by atoms with Crippen molar-refractivity contribution in [3.63, 3.8) is 0 Å². The first kappa shape index (κ1) is 31.2. The quantitative estimate of drug-likeness (QED) is 0.173. The smallest absolute Gasteiger partial charge is 0.143 e. The largest absolute Gasteiger partial charge is 0.456 e. The summed E-state index contributed by atoms with van der Waals surface area (Å²) in [6.45, 7) is 0. The van der Waals surface area contributed by atoms with Crippen LogP contribution in [0.4, 0.5) is 17.1 Å². The Balaban J connectivity index is 1.20. The number of fused-ring (bicyclic) bond motifs is 8. The molecule has 9 aromatic carbocycles. The molecule has 0 atom stereocenters. The van der Waals surface area contributed by atoms with Gasteiger partial charge in [-0.15, -0.1) is 0 Å². The lowest BCUT2D eigenvalue weighted by Gasteiger charge is -2.28. The topological polar surface area (TPSA) is 29.5 Å². The number of benzene rings is 9. The van der Waals surface area contributed by atoms with Gasteiger partial charge < -0.3 is 13.7 Å². The van der Waals surface area contributed by atoms with Crippen LogP contribution in [0.1, 0.15) is 0 Å². The normalized spacial score (nSPS) is 11.6. The highest BCUT2D eigenvalue weighted by Crippen LogP contribution is 2.47. The number of nitrogens with zero attached hydrogens (tertiary/aromatic N) is 1. The summed E-state index contributed by atoms with van der Waals surface area (Å²) in [6.07, 6.45) is 0. The van der Waals surface area contributed by atoms with Crippen molar-refractivity contribution in [1.29, 1.82) is 0 Å². The Labute approximate surface area is 317 Å². The summed E-state index contributed by atoms with van der Waals surface area (Å²) in [4.78, 5) is 2.37. The van der Waals surface area contributed by atoms with E-state index < -0.39 is 0 Å². The summed E-state index contributed by atoms with van der Waals surface area (Å²) < 4.78 is 13.3. The maximum atomic E-state index is 6.81. The summed E-state index contributed by atoms with van der Waals surface area (Å²) >= 11 is 0. The van der Waals surface area contributed by atoms with Gasteiger partial charge >= 0.3 is 0 Å². The predicted molar refractivity (Wildman–Crippen MR) is 229 cm³/mol. The van der Waals surface area contributed by atoms with Gasteiger partial charge in [0.15, 0.2) is 0 Å². The molecule has 0 unspecified atom stereocenters. The molecule has 55 heavy (non-hydrogen) atoms. The second kappa shape index (κ2) is 12.6. The molecule has 11 rings (SSSR count).